The maximum absolute atomic E-state index is 12.9. The fraction of sp³-hybridized carbons (Fsp3) is 0.143. The molecule has 0 aromatic heterocycles. The molecule has 35 heavy (non-hydrogen) atoms. The largest absolute Gasteiger partial charge is 0.508 e. The van der Waals surface area contributed by atoms with Crippen molar-refractivity contribution in [3.63, 3.8) is 0 Å². The van der Waals surface area contributed by atoms with Crippen LogP contribution in [0.1, 0.15) is 16.7 Å². The highest BCUT2D eigenvalue weighted by Gasteiger charge is 2.40. The van der Waals surface area contributed by atoms with Gasteiger partial charge in [0.05, 0.1) is 23.0 Å². The van der Waals surface area contributed by atoms with E-state index in [2.05, 4.69) is 0 Å². The summed E-state index contributed by atoms with van der Waals surface area (Å²) < 4.78 is 43.7. The maximum Gasteiger partial charge on any atom is 0.222 e. The summed E-state index contributed by atoms with van der Waals surface area (Å²) in [4.78, 5) is 0.460. The number of aryl methyl sites for hydroxylation is 1. The summed E-state index contributed by atoms with van der Waals surface area (Å²) in [6, 6.07) is 27.2. The Bertz CT molecular complexity index is 1400. The number of hydrogen-bond acceptors (Lipinski definition) is 6. The smallest absolute Gasteiger partial charge is 0.222 e. The second-order valence-corrected chi connectivity index (χ2v) is 10.2. The Hall–Kier alpha value is -3.65. The Morgan fingerprint density at radius 2 is 1.11 bits per heavy atom. The van der Waals surface area contributed by atoms with Gasteiger partial charge in [0, 0.05) is 11.1 Å². The number of benzene rings is 4. The highest BCUT2D eigenvalue weighted by atomic mass is 32.2. The molecule has 7 heteroatoms. The Labute approximate surface area is 204 Å². The van der Waals surface area contributed by atoms with E-state index in [9.17, 15) is 13.5 Å². The van der Waals surface area contributed by atoms with E-state index in [0.717, 1.165) is 16.7 Å². The van der Waals surface area contributed by atoms with Crippen molar-refractivity contribution < 1.29 is 27.7 Å². The third-order valence-corrected chi connectivity index (χ3v) is 7.66. The molecule has 0 spiro atoms. The van der Waals surface area contributed by atoms with Crippen molar-refractivity contribution in [2.24, 2.45) is 0 Å². The van der Waals surface area contributed by atoms with Crippen LogP contribution in [0, 0.1) is 6.92 Å². The summed E-state index contributed by atoms with van der Waals surface area (Å²) in [7, 11) is -3.60. The van der Waals surface area contributed by atoms with Gasteiger partial charge in [0.15, 0.2) is 0 Å². The van der Waals surface area contributed by atoms with E-state index in [1.807, 2.05) is 19.1 Å². The molecule has 1 N–H and O–H groups in total. The van der Waals surface area contributed by atoms with Crippen molar-refractivity contribution in [3.05, 3.63) is 114 Å². The fourth-order valence-electron chi connectivity index (χ4n) is 4.01. The number of sulfone groups is 1. The van der Waals surface area contributed by atoms with E-state index < -0.39 is 15.6 Å². The van der Waals surface area contributed by atoms with Gasteiger partial charge in [-0.15, -0.1) is 0 Å². The van der Waals surface area contributed by atoms with E-state index in [-0.39, 0.29) is 15.5 Å². The topological polar surface area (TPSA) is 82.1 Å². The number of ether oxygens (including phenoxy) is 3. The third kappa shape index (κ3) is 4.53. The Balaban J connectivity index is 1.34. The first-order valence-corrected chi connectivity index (χ1v) is 12.6. The number of rotatable bonds is 6. The van der Waals surface area contributed by atoms with Gasteiger partial charge in [0.1, 0.15) is 17.2 Å². The lowest BCUT2D eigenvalue weighted by molar-refractivity contribution is -0.129. The summed E-state index contributed by atoms with van der Waals surface area (Å²) in [6.45, 7) is 2.82. The zero-order valence-corrected chi connectivity index (χ0v) is 19.9. The second-order valence-electron chi connectivity index (χ2n) is 8.27. The lowest BCUT2D eigenvalue weighted by atomic mass is 9.97. The third-order valence-electron chi connectivity index (χ3n) is 5.88. The van der Waals surface area contributed by atoms with Crippen molar-refractivity contribution in [2.45, 2.75) is 22.5 Å². The highest BCUT2D eigenvalue weighted by Crippen LogP contribution is 2.39. The van der Waals surface area contributed by atoms with Crippen LogP contribution >= 0.6 is 0 Å². The fourth-order valence-corrected chi connectivity index (χ4v) is 5.27. The molecule has 5 rings (SSSR count). The van der Waals surface area contributed by atoms with Gasteiger partial charge in [-0.3, -0.25) is 0 Å². The van der Waals surface area contributed by atoms with Crippen molar-refractivity contribution in [1.82, 2.24) is 0 Å². The first-order chi connectivity index (χ1) is 16.9. The van der Waals surface area contributed by atoms with Crippen molar-refractivity contribution in [2.75, 3.05) is 13.2 Å². The van der Waals surface area contributed by atoms with Crippen molar-refractivity contribution in [1.29, 1.82) is 0 Å². The molecule has 0 atom stereocenters. The Morgan fingerprint density at radius 1 is 0.686 bits per heavy atom. The van der Waals surface area contributed by atoms with E-state index in [0.29, 0.717) is 24.7 Å². The van der Waals surface area contributed by atoms with Crippen LogP contribution in [0.25, 0.3) is 0 Å². The van der Waals surface area contributed by atoms with Gasteiger partial charge in [-0.2, -0.15) is 0 Å². The van der Waals surface area contributed by atoms with Crippen LogP contribution in [0.15, 0.2) is 107 Å². The van der Waals surface area contributed by atoms with Crippen LogP contribution in [0.3, 0.4) is 0 Å². The van der Waals surface area contributed by atoms with Gasteiger partial charge in [-0.05, 0) is 91.9 Å². The van der Waals surface area contributed by atoms with Crippen molar-refractivity contribution >= 4 is 9.84 Å². The first kappa shape index (κ1) is 23.1. The maximum atomic E-state index is 12.9. The number of phenols is 1. The molecule has 4 aromatic rings. The molecule has 1 aliphatic rings. The average Bonchev–Trinajstić information content (AvgIpc) is 3.37. The molecule has 178 valence electrons. The lowest BCUT2D eigenvalue weighted by Gasteiger charge is -2.28. The van der Waals surface area contributed by atoms with Crippen LogP contribution in [0.5, 0.6) is 17.2 Å². The minimum Gasteiger partial charge on any atom is -0.508 e. The zero-order valence-electron chi connectivity index (χ0n) is 19.0. The normalized spacial score (nSPS) is 15.1. The molecule has 1 fully saturated rings. The molecule has 0 unspecified atom stereocenters. The van der Waals surface area contributed by atoms with Crippen LogP contribution in [0.2, 0.25) is 0 Å². The predicted molar refractivity (Wildman–Crippen MR) is 130 cm³/mol. The van der Waals surface area contributed by atoms with Gasteiger partial charge in [0.25, 0.3) is 0 Å². The second kappa shape index (κ2) is 9.19. The predicted octanol–water partition coefficient (Wildman–Crippen LogP) is 5.57. The van der Waals surface area contributed by atoms with E-state index in [1.54, 1.807) is 84.9 Å². The summed E-state index contributed by atoms with van der Waals surface area (Å²) in [5.74, 6) is 0.227. The molecule has 0 radical (unpaired) electrons. The first-order valence-electron chi connectivity index (χ1n) is 11.1. The van der Waals surface area contributed by atoms with Crippen LogP contribution in [-0.4, -0.2) is 26.7 Å². The summed E-state index contributed by atoms with van der Waals surface area (Å²) in [5, 5.41) is 9.63. The van der Waals surface area contributed by atoms with Gasteiger partial charge in [-0.25, -0.2) is 8.42 Å². The van der Waals surface area contributed by atoms with E-state index >= 15 is 0 Å². The number of phenolic OH excluding ortho intramolecular Hbond substituents is 1. The molecule has 6 nitrogen and oxygen atoms in total. The monoisotopic (exact) mass is 488 g/mol. The van der Waals surface area contributed by atoms with Crippen LogP contribution in [-0.2, 0) is 25.1 Å². The van der Waals surface area contributed by atoms with Crippen molar-refractivity contribution in [3.8, 4) is 17.2 Å². The molecule has 1 saturated heterocycles. The number of hydrogen-bond donors (Lipinski definition) is 1. The van der Waals surface area contributed by atoms with E-state index in [1.165, 1.54) is 0 Å². The molecule has 0 saturated carbocycles. The number of aromatic hydroxyl groups is 1. The molecule has 1 aliphatic heterocycles. The molecular weight excluding hydrogens is 464 g/mol. The Morgan fingerprint density at radius 3 is 1.63 bits per heavy atom. The SMILES string of the molecule is Cc1ccc(S(=O)(=O)c2ccc(Oc3ccc(C4(c5ccc(O)cc5)OCCO4)cc3)cc2)cc1. The highest BCUT2D eigenvalue weighted by molar-refractivity contribution is 7.91. The van der Waals surface area contributed by atoms with Gasteiger partial charge in [0.2, 0.25) is 15.6 Å². The minimum atomic E-state index is -3.60. The average molecular weight is 489 g/mol. The standard InChI is InChI=1S/C28H24O6S/c1-20-2-14-26(15-3-20)35(30,31)27-16-12-25(13-17-27)34-24-10-6-22(7-11-24)28(32-18-19-33-28)21-4-8-23(29)9-5-21/h2-17,29H,18-19H2,1H3. The van der Waals surface area contributed by atoms with Gasteiger partial charge >= 0.3 is 0 Å². The van der Waals surface area contributed by atoms with Crippen LogP contribution in [0.4, 0.5) is 0 Å². The lowest BCUT2D eigenvalue weighted by Crippen LogP contribution is -2.28. The molecule has 0 aliphatic carbocycles. The molecule has 0 amide bonds. The summed E-state index contributed by atoms with van der Waals surface area (Å²) in [5.41, 5.74) is 2.58. The molecule has 4 aromatic carbocycles. The summed E-state index contributed by atoms with van der Waals surface area (Å²) in [6.07, 6.45) is 0. The molecule has 1 heterocycles. The van der Waals surface area contributed by atoms with E-state index in [4.69, 9.17) is 14.2 Å². The van der Waals surface area contributed by atoms with Gasteiger partial charge < -0.3 is 19.3 Å². The molecular formula is C28H24O6S. The zero-order chi connectivity index (χ0) is 24.5. The minimum absolute atomic E-state index is 0.170. The quantitative estimate of drug-likeness (QED) is 0.382. The Kier molecular flexibility index (Phi) is 6.06. The summed E-state index contributed by atoms with van der Waals surface area (Å²) >= 11 is 0. The molecule has 0 bridgehead atoms. The van der Waals surface area contributed by atoms with Crippen LogP contribution < -0.4 is 4.74 Å². The van der Waals surface area contributed by atoms with Gasteiger partial charge in [-0.1, -0.05) is 17.7 Å².